The lowest BCUT2D eigenvalue weighted by molar-refractivity contribution is -0.122. The Hall–Kier alpha value is -1.90. The molecule has 3 fully saturated rings. The molecule has 5 rings (SSSR count). The first-order valence-corrected chi connectivity index (χ1v) is 9.89. The maximum absolute atomic E-state index is 13.3. The Balaban J connectivity index is 1.56. The van der Waals surface area contributed by atoms with Crippen LogP contribution < -0.4 is 4.90 Å². The minimum Gasteiger partial charge on any atom is -0.274 e. The van der Waals surface area contributed by atoms with Crippen molar-refractivity contribution in [3.63, 3.8) is 0 Å². The van der Waals surface area contributed by atoms with Crippen molar-refractivity contribution in [3.8, 4) is 0 Å². The quantitative estimate of drug-likeness (QED) is 0.598. The Morgan fingerprint density at radius 3 is 1.88 bits per heavy atom. The summed E-state index contributed by atoms with van der Waals surface area (Å²) in [5.74, 6) is 0.617. The van der Waals surface area contributed by atoms with Gasteiger partial charge in [0.05, 0.1) is 17.5 Å². The van der Waals surface area contributed by atoms with Crippen LogP contribution in [0, 0.1) is 23.7 Å². The van der Waals surface area contributed by atoms with Gasteiger partial charge in [-0.05, 0) is 74.5 Å². The van der Waals surface area contributed by atoms with Crippen LogP contribution >= 0.6 is 0 Å². The van der Waals surface area contributed by atoms with Crippen molar-refractivity contribution < 1.29 is 9.59 Å². The number of carbonyl (C=O) groups excluding carboxylic acids is 2. The van der Waals surface area contributed by atoms with E-state index in [-0.39, 0.29) is 23.7 Å². The standard InChI is InChI=1S/C22H25NO2/c1-2-13-9-11-14(12-10-13)23-21(24)19-17-7-3-5-15(17)16-6-4-8-18(16)20(19)22(23)25/h9-12,17-20H,2-8H2,1H3. The minimum atomic E-state index is -0.0947. The number of benzene rings is 1. The molecule has 1 aromatic carbocycles. The molecular weight excluding hydrogens is 310 g/mol. The number of rotatable bonds is 2. The van der Waals surface area contributed by atoms with Gasteiger partial charge in [-0.1, -0.05) is 30.2 Å². The molecule has 3 aliphatic carbocycles. The molecule has 25 heavy (non-hydrogen) atoms. The summed E-state index contributed by atoms with van der Waals surface area (Å²) in [4.78, 5) is 28.2. The average Bonchev–Trinajstić information content (AvgIpc) is 3.33. The predicted molar refractivity (Wildman–Crippen MR) is 97.0 cm³/mol. The van der Waals surface area contributed by atoms with E-state index in [4.69, 9.17) is 0 Å². The number of hydrogen-bond donors (Lipinski definition) is 0. The zero-order chi connectivity index (χ0) is 17.1. The first-order chi connectivity index (χ1) is 12.2. The summed E-state index contributed by atoms with van der Waals surface area (Å²) in [5, 5.41) is 0. The molecule has 0 aromatic heterocycles. The van der Waals surface area contributed by atoms with Crippen molar-refractivity contribution in [2.45, 2.75) is 51.9 Å². The lowest BCUT2D eigenvalue weighted by Crippen LogP contribution is -2.35. The molecule has 0 spiro atoms. The average molecular weight is 335 g/mol. The van der Waals surface area contributed by atoms with E-state index >= 15 is 0 Å². The Labute approximate surface area is 149 Å². The summed E-state index contributed by atoms with van der Waals surface area (Å²) in [6.07, 6.45) is 7.84. The van der Waals surface area contributed by atoms with E-state index in [1.54, 1.807) is 11.1 Å². The van der Waals surface area contributed by atoms with Gasteiger partial charge in [-0.3, -0.25) is 14.5 Å². The van der Waals surface area contributed by atoms with Crippen molar-refractivity contribution >= 4 is 17.5 Å². The molecule has 4 atom stereocenters. The van der Waals surface area contributed by atoms with E-state index in [0.29, 0.717) is 11.8 Å². The number of carbonyl (C=O) groups is 2. The summed E-state index contributed by atoms with van der Waals surface area (Å²) in [6.45, 7) is 2.12. The molecule has 1 saturated heterocycles. The zero-order valence-corrected chi connectivity index (χ0v) is 14.8. The van der Waals surface area contributed by atoms with E-state index in [0.717, 1.165) is 37.8 Å². The van der Waals surface area contributed by atoms with Crippen LogP contribution in [-0.4, -0.2) is 11.8 Å². The molecule has 4 unspecified atom stereocenters. The van der Waals surface area contributed by atoms with Crippen molar-refractivity contribution in [3.05, 3.63) is 41.0 Å². The highest BCUT2D eigenvalue weighted by Gasteiger charge is 2.59. The zero-order valence-electron chi connectivity index (χ0n) is 14.8. The van der Waals surface area contributed by atoms with Gasteiger partial charge in [0.2, 0.25) is 11.8 Å². The summed E-state index contributed by atoms with van der Waals surface area (Å²) in [6, 6.07) is 7.98. The van der Waals surface area contributed by atoms with E-state index in [1.807, 2.05) is 24.3 Å². The fourth-order valence-electron chi connectivity index (χ4n) is 6.03. The van der Waals surface area contributed by atoms with Crippen molar-refractivity contribution in [1.82, 2.24) is 0 Å². The highest BCUT2D eigenvalue weighted by atomic mass is 16.2. The van der Waals surface area contributed by atoms with Gasteiger partial charge in [0, 0.05) is 0 Å². The first-order valence-electron chi connectivity index (χ1n) is 9.89. The van der Waals surface area contributed by atoms with Crippen LogP contribution in [-0.2, 0) is 16.0 Å². The van der Waals surface area contributed by atoms with Crippen LogP contribution in [0.1, 0.15) is 51.0 Å². The van der Waals surface area contributed by atoms with Crippen LogP contribution in [0.15, 0.2) is 35.4 Å². The van der Waals surface area contributed by atoms with E-state index in [1.165, 1.54) is 23.3 Å². The fourth-order valence-corrected chi connectivity index (χ4v) is 6.03. The monoisotopic (exact) mass is 335 g/mol. The summed E-state index contributed by atoms with van der Waals surface area (Å²) in [7, 11) is 0. The Morgan fingerprint density at radius 1 is 0.880 bits per heavy atom. The summed E-state index contributed by atoms with van der Waals surface area (Å²) in [5.41, 5.74) is 5.12. The molecule has 130 valence electrons. The molecule has 4 aliphatic rings. The highest BCUT2D eigenvalue weighted by molar-refractivity contribution is 6.22. The van der Waals surface area contributed by atoms with Gasteiger partial charge in [0.1, 0.15) is 0 Å². The van der Waals surface area contributed by atoms with Crippen molar-refractivity contribution in [1.29, 1.82) is 0 Å². The third-order valence-electron chi connectivity index (χ3n) is 7.10. The topological polar surface area (TPSA) is 37.4 Å². The molecule has 1 heterocycles. The van der Waals surface area contributed by atoms with Crippen LogP contribution in [0.3, 0.4) is 0 Å². The van der Waals surface area contributed by atoms with E-state index < -0.39 is 0 Å². The third kappa shape index (κ3) is 2.04. The third-order valence-corrected chi connectivity index (χ3v) is 7.10. The maximum atomic E-state index is 13.3. The van der Waals surface area contributed by atoms with E-state index in [2.05, 4.69) is 6.92 Å². The molecule has 0 radical (unpaired) electrons. The second-order valence-electron chi connectivity index (χ2n) is 8.13. The molecule has 0 bridgehead atoms. The van der Waals surface area contributed by atoms with Gasteiger partial charge in [0.15, 0.2) is 0 Å². The van der Waals surface area contributed by atoms with Gasteiger partial charge in [-0.25, -0.2) is 0 Å². The van der Waals surface area contributed by atoms with Crippen LogP contribution in [0.5, 0.6) is 0 Å². The second kappa shape index (κ2) is 5.55. The molecule has 1 aliphatic heterocycles. The lowest BCUT2D eigenvalue weighted by Gasteiger charge is -2.34. The van der Waals surface area contributed by atoms with Gasteiger partial charge in [0.25, 0.3) is 0 Å². The molecule has 3 nitrogen and oxygen atoms in total. The number of nitrogens with zero attached hydrogens (tertiary/aromatic N) is 1. The van der Waals surface area contributed by atoms with Gasteiger partial charge in [-0.2, -0.15) is 0 Å². The molecule has 0 N–H and O–H groups in total. The number of amides is 2. The van der Waals surface area contributed by atoms with Crippen LogP contribution in [0.2, 0.25) is 0 Å². The number of imide groups is 1. The van der Waals surface area contributed by atoms with Crippen molar-refractivity contribution in [2.75, 3.05) is 4.90 Å². The van der Waals surface area contributed by atoms with Gasteiger partial charge >= 0.3 is 0 Å². The number of aryl methyl sites for hydroxylation is 1. The predicted octanol–water partition coefficient (Wildman–Crippen LogP) is 4.27. The first kappa shape index (κ1) is 15.4. The van der Waals surface area contributed by atoms with Crippen LogP contribution in [0.4, 0.5) is 5.69 Å². The molecule has 1 aromatic rings. The maximum Gasteiger partial charge on any atom is 0.238 e. The number of hydrogen-bond acceptors (Lipinski definition) is 2. The Kier molecular flexibility index (Phi) is 3.41. The SMILES string of the molecule is CCc1ccc(N2C(=O)C3C4CCCC4=C4CCCC4C3C2=O)cc1. The highest BCUT2D eigenvalue weighted by Crippen LogP contribution is 2.57. The fraction of sp³-hybridized carbons (Fsp3) is 0.545. The Morgan fingerprint density at radius 2 is 1.40 bits per heavy atom. The van der Waals surface area contributed by atoms with Crippen LogP contribution in [0.25, 0.3) is 0 Å². The summed E-state index contributed by atoms with van der Waals surface area (Å²) >= 11 is 0. The molecule has 2 saturated carbocycles. The number of allylic oxidation sites excluding steroid dienone is 2. The minimum absolute atomic E-state index is 0.0644. The second-order valence-corrected chi connectivity index (χ2v) is 8.13. The molecule has 2 amide bonds. The van der Waals surface area contributed by atoms with Gasteiger partial charge in [-0.15, -0.1) is 0 Å². The number of anilines is 1. The Bertz CT molecular complexity index is 734. The lowest BCUT2D eigenvalue weighted by atomic mass is 9.66. The normalized spacial score (nSPS) is 33.7. The van der Waals surface area contributed by atoms with E-state index in [9.17, 15) is 9.59 Å². The largest absolute Gasteiger partial charge is 0.274 e. The van der Waals surface area contributed by atoms with Crippen molar-refractivity contribution in [2.24, 2.45) is 23.7 Å². The number of fused-ring (bicyclic) bond motifs is 5. The smallest absolute Gasteiger partial charge is 0.238 e. The molecular formula is C22H25NO2. The van der Waals surface area contributed by atoms with Gasteiger partial charge < -0.3 is 0 Å². The molecule has 3 heteroatoms. The summed E-state index contributed by atoms with van der Waals surface area (Å²) < 4.78 is 0.